The molecule has 0 radical (unpaired) electrons. The molecular formula is C22H23NO5S. The summed E-state index contributed by atoms with van der Waals surface area (Å²) in [5.41, 5.74) is 2.79. The molecule has 1 aliphatic rings. The SMILES string of the molecule is COC(=O)C1=CN(CCc2ccc(OC)cc2)C=C(C(=O)OC)C1c1ccsc1. The smallest absolute Gasteiger partial charge is 0.336 e. The first-order chi connectivity index (χ1) is 14.1. The van der Waals surface area contributed by atoms with Crippen LogP contribution < -0.4 is 4.74 Å². The molecule has 6 nitrogen and oxygen atoms in total. The van der Waals surface area contributed by atoms with E-state index >= 15 is 0 Å². The van der Waals surface area contributed by atoms with Crippen LogP contribution in [0, 0.1) is 0 Å². The Labute approximate surface area is 174 Å². The molecule has 1 aromatic carbocycles. The Balaban J connectivity index is 1.89. The summed E-state index contributed by atoms with van der Waals surface area (Å²) in [6.07, 6.45) is 4.23. The number of benzene rings is 1. The van der Waals surface area contributed by atoms with E-state index in [1.54, 1.807) is 19.5 Å². The summed E-state index contributed by atoms with van der Waals surface area (Å²) in [5.74, 6) is -0.653. The van der Waals surface area contributed by atoms with E-state index in [1.165, 1.54) is 25.6 Å². The van der Waals surface area contributed by atoms with E-state index in [1.807, 2.05) is 46.0 Å². The Morgan fingerprint density at radius 1 is 0.966 bits per heavy atom. The van der Waals surface area contributed by atoms with Gasteiger partial charge in [-0.1, -0.05) is 12.1 Å². The minimum atomic E-state index is -0.515. The molecule has 2 aromatic rings. The number of carbonyl (C=O) groups excluding carboxylic acids is 2. The van der Waals surface area contributed by atoms with Crippen molar-refractivity contribution in [3.05, 3.63) is 75.8 Å². The number of hydrogen-bond acceptors (Lipinski definition) is 7. The first-order valence-corrected chi connectivity index (χ1v) is 10.0. The summed E-state index contributed by atoms with van der Waals surface area (Å²) in [6, 6.07) is 9.70. The van der Waals surface area contributed by atoms with Crippen molar-refractivity contribution in [3.8, 4) is 5.75 Å². The van der Waals surface area contributed by atoms with Crippen LogP contribution in [0.1, 0.15) is 17.0 Å². The normalized spacial score (nSPS) is 14.1. The Morgan fingerprint density at radius 2 is 1.59 bits per heavy atom. The second kappa shape index (κ2) is 9.43. The average Bonchev–Trinajstić information content (AvgIpc) is 3.30. The van der Waals surface area contributed by atoms with Gasteiger partial charge in [0.2, 0.25) is 0 Å². The Kier molecular flexibility index (Phi) is 6.72. The second-order valence-electron chi connectivity index (χ2n) is 6.48. The van der Waals surface area contributed by atoms with Crippen molar-refractivity contribution in [2.24, 2.45) is 0 Å². The van der Waals surface area contributed by atoms with Crippen LogP contribution in [0.25, 0.3) is 0 Å². The van der Waals surface area contributed by atoms with Gasteiger partial charge in [-0.2, -0.15) is 11.3 Å². The molecule has 3 rings (SSSR count). The van der Waals surface area contributed by atoms with E-state index in [0.717, 1.165) is 23.3 Å². The summed E-state index contributed by atoms with van der Waals surface area (Å²) >= 11 is 1.50. The van der Waals surface area contributed by atoms with Gasteiger partial charge in [0.25, 0.3) is 0 Å². The van der Waals surface area contributed by atoms with Gasteiger partial charge < -0.3 is 19.1 Å². The van der Waals surface area contributed by atoms with Crippen molar-refractivity contribution in [2.45, 2.75) is 12.3 Å². The maximum absolute atomic E-state index is 12.5. The van der Waals surface area contributed by atoms with E-state index < -0.39 is 17.9 Å². The zero-order valence-corrected chi connectivity index (χ0v) is 17.4. The molecule has 0 spiro atoms. The van der Waals surface area contributed by atoms with Crippen molar-refractivity contribution >= 4 is 23.3 Å². The lowest BCUT2D eigenvalue weighted by molar-refractivity contribution is -0.137. The predicted molar refractivity (Wildman–Crippen MR) is 111 cm³/mol. The first-order valence-electron chi connectivity index (χ1n) is 9.08. The molecule has 0 saturated carbocycles. The summed E-state index contributed by atoms with van der Waals surface area (Å²) in [4.78, 5) is 26.9. The highest BCUT2D eigenvalue weighted by atomic mass is 32.1. The summed E-state index contributed by atoms with van der Waals surface area (Å²) < 4.78 is 15.2. The molecule has 152 valence electrons. The van der Waals surface area contributed by atoms with Crippen molar-refractivity contribution in [2.75, 3.05) is 27.9 Å². The average molecular weight is 413 g/mol. The van der Waals surface area contributed by atoms with Crippen LogP contribution in [0.5, 0.6) is 5.75 Å². The molecule has 1 aromatic heterocycles. The molecule has 29 heavy (non-hydrogen) atoms. The molecule has 0 aliphatic carbocycles. The topological polar surface area (TPSA) is 65.1 Å². The fourth-order valence-corrected chi connectivity index (χ4v) is 3.95. The highest BCUT2D eigenvalue weighted by Gasteiger charge is 2.35. The molecule has 0 unspecified atom stereocenters. The minimum Gasteiger partial charge on any atom is -0.497 e. The summed E-state index contributed by atoms with van der Waals surface area (Å²) in [6.45, 7) is 0.587. The highest BCUT2D eigenvalue weighted by molar-refractivity contribution is 7.08. The first kappa shape index (κ1) is 20.7. The third-order valence-electron chi connectivity index (χ3n) is 4.77. The van der Waals surface area contributed by atoms with Crippen LogP contribution in [-0.4, -0.2) is 44.7 Å². The molecule has 2 heterocycles. The molecule has 0 fully saturated rings. The quantitative estimate of drug-likeness (QED) is 0.647. The molecule has 7 heteroatoms. The summed E-state index contributed by atoms with van der Waals surface area (Å²) in [5, 5.41) is 3.83. The van der Waals surface area contributed by atoms with Crippen LogP contribution in [0.2, 0.25) is 0 Å². The maximum atomic E-state index is 12.5. The van der Waals surface area contributed by atoms with E-state index in [0.29, 0.717) is 17.7 Å². The molecular weight excluding hydrogens is 390 g/mol. The Morgan fingerprint density at radius 3 is 2.07 bits per heavy atom. The van der Waals surface area contributed by atoms with Gasteiger partial charge in [0.15, 0.2) is 0 Å². The second-order valence-corrected chi connectivity index (χ2v) is 7.26. The van der Waals surface area contributed by atoms with Gasteiger partial charge in [0, 0.05) is 18.9 Å². The monoisotopic (exact) mass is 413 g/mol. The van der Waals surface area contributed by atoms with Gasteiger partial charge in [-0.05, 0) is 46.5 Å². The maximum Gasteiger partial charge on any atom is 0.336 e. The van der Waals surface area contributed by atoms with Crippen LogP contribution in [0.3, 0.4) is 0 Å². The lowest BCUT2D eigenvalue weighted by atomic mass is 9.84. The molecule has 0 saturated heterocycles. The van der Waals surface area contributed by atoms with E-state index in [-0.39, 0.29) is 0 Å². The van der Waals surface area contributed by atoms with Gasteiger partial charge in [0.05, 0.1) is 38.4 Å². The van der Waals surface area contributed by atoms with Crippen molar-refractivity contribution in [3.63, 3.8) is 0 Å². The van der Waals surface area contributed by atoms with Crippen LogP contribution in [0.15, 0.2) is 64.6 Å². The van der Waals surface area contributed by atoms with Gasteiger partial charge >= 0.3 is 11.9 Å². The Bertz CT molecular complexity index is 881. The number of nitrogens with zero attached hydrogens (tertiary/aromatic N) is 1. The lowest BCUT2D eigenvalue weighted by Gasteiger charge is -2.29. The number of carbonyl (C=O) groups is 2. The summed E-state index contributed by atoms with van der Waals surface area (Å²) in [7, 11) is 4.31. The highest BCUT2D eigenvalue weighted by Crippen LogP contribution is 2.37. The third kappa shape index (κ3) is 4.68. The molecule has 0 N–H and O–H groups in total. The van der Waals surface area contributed by atoms with Crippen LogP contribution in [0.4, 0.5) is 0 Å². The minimum absolute atomic E-state index is 0.406. The fourth-order valence-electron chi connectivity index (χ4n) is 3.27. The number of methoxy groups -OCH3 is 3. The van der Waals surface area contributed by atoms with E-state index in [2.05, 4.69) is 0 Å². The van der Waals surface area contributed by atoms with Gasteiger partial charge in [-0.25, -0.2) is 9.59 Å². The largest absolute Gasteiger partial charge is 0.497 e. The van der Waals surface area contributed by atoms with Crippen molar-refractivity contribution < 1.29 is 23.8 Å². The van der Waals surface area contributed by atoms with Crippen molar-refractivity contribution in [1.82, 2.24) is 4.90 Å². The Hall–Kier alpha value is -3.06. The molecule has 0 atom stereocenters. The van der Waals surface area contributed by atoms with Crippen molar-refractivity contribution in [1.29, 1.82) is 0 Å². The number of hydrogen-bond donors (Lipinski definition) is 0. The number of esters is 2. The van der Waals surface area contributed by atoms with Gasteiger partial charge in [0.1, 0.15) is 5.75 Å². The van der Waals surface area contributed by atoms with E-state index in [4.69, 9.17) is 14.2 Å². The fraction of sp³-hybridized carbons (Fsp3) is 0.273. The number of ether oxygens (including phenoxy) is 3. The van der Waals surface area contributed by atoms with Gasteiger partial charge in [-0.3, -0.25) is 0 Å². The lowest BCUT2D eigenvalue weighted by Crippen LogP contribution is -2.29. The molecule has 0 amide bonds. The van der Waals surface area contributed by atoms with Crippen LogP contribution >= 0.6 is 11.3 Å². The third-order valence-corrected chi connectivity index (χ3v) is 5.47. The molecule has 0 bridgehead atoms. The zero-order chi connectivity index (χ0) is 20.8. The van der Waals surface area contributed by atoms with Gasteiger partial charge in [-0.15, -0.1) is 0 Å². The zero-order valence-electron chi connectivity index (χ0n) is 16.6. The number of thiophene rings is 1. The number of rotatable bonds is 7. The standard InChI is InChI=1S/C22H23NO5S/c1-26-17-6-4-15(5-7-17)8-10-23-12-18(21(24)27-2)20(16-9-11-29-14-16)19(13-23)22(25)28-3/h4-7,9,11-14,20H,8,10H2,1-3H3. The van der Waals surface area contributed by atoms with E-state index in [9.17, 15) is 9.59 Å². The van der Waals surface area contributed by atoms with Crippen LogP contribution in [-0.2, 0) is 25.5 Å². The molecule has 1 aliphatic heterocycles. The predicted octanol–water partition coefficient (Wildman–Crippen LogP) is 3.51.